The summed E-state index contributed by atoms with van der Waals surface area (Å²) in [7, 11) is 1.66. The molecule has 8 nitrogen and oxygen atoms in total. The van der Waals surface area contributed by atoms with Crippen LogP contribution in [0.4, 0.5) is 4.39 Å². The third-order valence-electron chi connectivity index (χ3n) is 4.58. The molecule has 2 N–H and O–H groups in total. The Morgan fingerprint density at radius 1 is 1.03 bits per heavy atom. The summed E-state index contributed by atoms with van der Waals surface area (Å²) < 4.78 is 20.2. The molecule has 0 atom stereocenters. The van der Waals surface area contributed by atoms with Crippen LogP contribution < -0.4 is 4.74 Å². The Kier molecular flexibility index (Phi) is 8.95. The summed E-state index contributed by atoms with van der Waals surface area (Å²) in [5.41, 5.74) is 1.25. The number of ether oxygens (including phenoxy) is 1. The Labute approximate surface area is 187 Å². The highest BCUT2D eigenvalue weighted by atomic mass is 79.9. The van der Waals surface area contributed by atoms with E-state index in [9.17, 15) is 9.18 Å². The molecule has 2 aromatic rings. The molecule has 0 bridgehead atoms. The largest absolute Gasteiger partial charge is 0.496 e. The molecule has 0 aliphatic carbocycles. The summed E-state index contributed by atoms with van der Waals surface area (Å²) in [5, 5.41) is 14.8. The van der Waals surface area contributed by atoms with Gasteiger partial charge in [-0.15, -0.1) is 0 Å². The zero-order valence-corrected chi connectivity index (χ0v) is 18.3. The Bertz CT molecular complexity index is 935. The highest BCUT2D eigenvalue weighted by Gasteiger charge is 2.24. The van der Waals surface area contributed by atoms with Gasteiger partial charge in [0.25, 0.3) is 5.91 Å². The lowest BCUT2D eigenvalue weighted by Gasteiger charge is -2.35. The summed E-state index contributed by atoms with van der Waals surface area (Å²) in [5.74, 6) is -3.50. The third kappa shape index (κ3) is 7.04. The number of carbonyl (C=O) groups is 3. The minimum Gasteiger partial charge on any atom is -0.496 e. The number of halogens is 2. The van der Waals surface area contributed by atoms with Crippen molar-refractivity contribution >= 4 is 33.8 Å². The molecule has 1 amide bonds. The van der Waals surface area contributed by atoms with Crippen molar-refractivity contribution < 1.29 is 33.7 Å². The highest BCUT2D eigenvalue weighted by Crippen LogP contribution is 2.25. The number of nitrogens with zero attached hydrogens (tertiary/aromatic N) is 2. The number of hydrogen-bond acceptors (Lipinski definition) is 5. The Hall–Kier alpha value is -2.98. The van der Waals surface area contributed by atoms with Crippen molar-refractivity contribution in [2.45, 2.75) is 6.54 Å². The van der Waals surface area contributed by atoms with Crippen LogP contribution in [0.25, 0.3) is 0 Å². The maximum absolute atomic E-state index is 13.8. The fourth-order valence-corrected chi connectivity index (χ4v) is 3.43. The first-order valence-electron chi connectivity index (χ1n) is 9.27. The quantitative estimate of drug-likeness (QED) is 0.626. The molecule has 0 unspecified atom stereocenters. The molecule has 0 spiro atoms. The van der Waals surface area contributed by atoms with Crippen LogP contribution in [0, 0.1) is 5.82 Å². The molecule has 1 heterocycles. The fraction of sp³-hybridized carbons (Fsp3) is 0.286. The second-order valence-electron chi connectivity index (χ2n) is 6.61. The lowest BCUT2D eigenvalue weighted by Crippen LogP contribution is -2.48. The van der Waals surface area contributed by atoms with Crippen molar-refractivity contribution in [1.82, 2.24) is 9.80 Å². The van der Waals surface area contributed by atoms with Crippen LogP contribution in [-0.4, -0.2) is 71.1 Å². The van der Waals surface area contributed by atoms with Crippen LogP contribution in [-0.2, 0) is 16.1 Å². The Morgan fingerprint density at radius 3 is 2.19 bits per heavy atom. The summed E-state index contributed by atoms with van der Waals surface area (Å²) in [6.07, 6.45) is 0. The molecule has 2 aromatic carbocycles. The van der Waals surface area contributed by atoms with E-state index in [1.54, 1.807) is 24.1 Å². The van der Waals surface area contributed by atoms with E-state index < -0.39 is 17.8 Å². The van der Waals surface area contributed by atoms with Gasteiger partial charge < -0.3 is 19.8 Å². The number of rotatable bonds is 4. The van der Waals surface area contributed by atoms with Gasteiger partial charge in [-0.25, -0.2) is 14.0 Å². The van der Waals surface area contributed by atoms with Crippen molar-refractivity contribution in [1.29, 1.82) is 0 Å². The number of carboxylic acids is 2. The number of amides is 1. The van der Waals surface area contributed by atoms with Gasteiger partial charge >= 0.3 is 11.9 Å². The second-order valence-corrected chi connectivity index (χ2v) is 7.53. The fourth-order valence-electron chi connectivity index (χ4n) is 3.03. The predicted molar refractivity (Wildman–Crippen MR) is 114 cm³/mol. The molecule has 31 heavy (non-hydrogen) atoms. The van der Waals surface area contributed by atoms with Gasteiger partial charge in [-0.1, -0.05) is 28.1 Å². The summed E-state index contributed by atoms with van der Waals surface area (Å²) >= 11 is 3.49. The van der Waals surface area contributed by atoms with Gasteiger partial charge in [0.15, 0.2) is 0 Å². The highest BCUT2D eigenvalue weighted by molar-refractivity contribution is 9.10. The van der Waals surface area contributed by atoms with E-state index in [2.05, 4.69) is 26.9 Å². The number of carboxylic acid groups (broad SMARTS) is 2. The van der Waals surface area contributed by atoms with Crippen molar-refractivity contribution in [3.05, 3.63) is 63.9 Å². The molecular formula is C21H22BrFN2O6. The van der Waals surface area contributed by atoms with E-state index in [-0.39, 0.29) is 11.5 Å². The van der Waals surface area contributed by atoms with Crippen molar-refractivity contribution in [2.75, 3.05) is 33.3 Å². The zero-order valence-electron chi connectivity index (χ0n) is 16.8. The number of methoxy groups -OCH3 is 1. The molecule has 1 fully saturated rings. The smallest absolute Gasteiger partial charge is 0.414 e. The molecule has 1 aliphatic heterocycles. The average Bonchev–Trinajstić information content (AvgIpc) is 2.75. The van der Waals surface area contributed by atoms with Gasteiger partial charge in [0.1, 0.15) is 11.6 Å². The van der Waals surface area contributed by atoms with Gasteiger partial charge in [-0.05, 0) is 30.3 Å². The van der Waals surface area contributed by atoms with Gasteiger partial charge in [-0.3, -0.25) is 9.69 Å². The van der Waals surface area contributed by atoms with Crippen LogP contribution in [0.3, 0.4) is 0 Å². The molecule has 1 aliphatic rings. The van der Waals surface area contributed by atoms with E-state index >= 15 is 0 Å². The minimum atomic E-state index is -1.82. The molecule has 0 radical (unpaired) electrons. The van der Waals surface area contributed by atoms with Crippen LogP contribution in [0.5, 0.6) is 5.75 Å². The van der Waals surface area contributed by atoms with E-state index in [1.165, 1.54) is 12.1 Å². The molecular weight excluding hydrogens is 475 g/mol. The summed E-state index contributed by atoms with van der Waals surface area (Å²) in [4.78, 5) is 34.7. The van der Waals surface area contributed by atoms with Crippen LogP contribution in [0.15, 0.2) is 46.9 Å². The standard InChI is InChI=1S/C19H20BrFN2O2.C2H2O4/c1-25-18-7-6-15(20)12-14(18)13-22-8-10-23(11-9-22)19(24)16-4-2-3-5-17(16)21;3-1(4)2(5)6/h2-7,12H,8-11,13H2,1H3;(H,3,4)(H,5,6). The first-order chi connectivity index (χ1) is 14.7. The number of piperazine rings is 1. The maximum atomic E-state index is 13.8. The van der Waals surface area contributed by atoms with Crippen LogP contribution in [0.2, 0.25) is 0 Å². The third-order valence-corrected chi connectivity index (χ3v) is 5.08. The van der Waals surface area contributed by atoms with Crippen LogP contribution in [0.1, 0.15) is 15.9 Å². The Morgan fingerprint density at radius 2 is 1.65 bits per heavy atom. The van der Waals surface area contributed by atoms with Gasteiger partial charge in [0.05, 0.1) is 12.7 Å². The maximum Gasteiger partial charge on any atom is 0.414 e. The van der Waals surface area contributed by atoms with Crippen LogP contribution >= 0.6 is 15.9 Å². The first kappa shape index (κ1) is 24.3. The second kappa shape index (κ2) is 11.4. The van der Waals surface area contributed by atoms with Gasteiger partial charge in [0, 0.05) is 42.8 Å². The monoisotopic (exact) mass is 496 g/mol. The molecule has 10 heteroatoms. The number of benzene rings is 2. The Balaban J connectivity index is 0.000000501. The number of hydrogen-bond donors (Lipinski definition) is 2. The normalized spacial score (nSPS) is 13.7. The lowest BCUT2D eigenvalue weighted by atomic mass is 10.1. The summed E-state index contributed by atoms with van der Waals surface area (Å²) in [6.45, 7) is 3.42. The van der Waals surface area contributed by atoms with E-state index in [0.717, 1.165) is 35.4 Å². The zero-order chi connectivity index (χ0) is 23.0. The molecule has 0 aromatic heterocycles. The van der Waals surface area contributed by atoms with E-state index in [1.807, 2.05) is 12.1 Å². The van der Waals surface area contributed by atoms with Gasteiger partial charge in [0.2, 0.25) is 0 Å². The van der Waals surface area contributed by atoms with Crippen molar-refractivity contribution in [2.24, 2.45) is 0 Å². The molecule has 166 valence electrons. The predicted octanol–water partition coefficient (Wildman–Crippen LogP) is 2.71. The van der Waals surface area contributed by atoms with E-state index in [0.29, 0.717) is 13.1 Å². The van der Waals surface area contributed by atoms with Crippen molar-refractivity contribution in [3.8, 4) is 5.75 Å². The van der Waals surface area contributed by atoms with Gasteiger partial charge in [-0.2, -0.15) is 0 Å². The number of carbonyl (C=O) groups excluding carboxylic acids is 1. The first-order valence-corrected chi connectivity index (χ1v) is 10.1. The average molecular weight is 497 g/mol. The minimum absolute atomic E-state index is 0.143. The molecule has 0 saturated carbocycles. The molecule has 1 saturated heterocycles. The topological polar surface area (TPSA) is 107 Å². The number of aliphatic carboxylic acids is 2. The summed E-state index contributed by atoms with van der Waals surface area (Å²) in [6, 6.07) is 12.1. The SMILES string of the molecule is COc1ccc(Br)cc1CN1CCN(C(=O)c2ccccc2F)CC1.O=C(O)C(=O)O. The van der Waals surface area contributed by atoms with E-state index in [4.69, 9.17) is 24.5 Å². The lowest BCUT2D eigenvalue weighted by molar-refractivity contribution is -0.159. The molecule has 3 rings (SSSR count). The van der Waals surface area contributed by atoms with Crippen molar-refractivity contribution in [3.63, 3.8) is 0 Å².